The molecule has 0 atom stereocenters. The molecule has 3 aromatic rings. The smallest absolute Gasteiger partial charge is 0.254 e. The highest BCUT2D eigenvalue weighted by Gasteiger charge is 2.15. The molecule has 122 valence electrons. The van der Waals surface area contributed by atoms with E-state index in [2.05, 4.69) is 15.5 Å². The number of aromatic nitrogens is 2. The summed E-state index contributed by atoms with van der Waals surface area (Å²) in [7, 11) is 1.55. The molecule has 0 saturated heterocycles. The Morgan fingerprint density at radius 3 is 2.75 bits per heavy atom. The Morgan fingerprint density at radius 2 is 1.96 bits per heavy atom. The van der Waals surface area contributed by atoms with Gasteiger partial charge in [-0.3, -0.25) is 4.79 Å². The summed E-state index contributed by atoms with van der Waals surface area (Å²) in [5, 5.41) is 6.41. The predicted molar refractivity (Wildman–Crippen MR) is 83.9 cm³/mol. The molecule has 1 aromatic heterocycles. The normalized spacial score (nSPS) is 10.4. The van der Waals surface area contributed by atoms with E-state index in [1.807, 2.05) is 12.1 Å². The van der Waals surface area contributed by atoms with Crippen LogP contribution in [0.3, 0.4) is 0 Å². The fourth-order valence-electron chi connectivity index (χ4n) is 2.16. The fourth-order valence-corrected chi connectivity index (χ4v) is 2.16. The van der Waals surface area contributed by atoms with Gasteiger partial charge in [-0.25, -0.2) is 4.39 Å². The number of nitrogens with zero attached hydrogens (tertiary/aromatic N) is 2. The van der Waals surface area contributed by atoms with Crippen molar-refractivity contribution >= 4 is 5.91 Å². The van der Waals surface area contributed by atoms with Gasteiger partial charge in [0.1, 0.15) is 11.6 Å². The minimum absolute atomic E-state index is 0.00465. The van der Waals surface area contributed by atoms with Gasteiger partial charge < -0.3 is 14.6 Å². The van der Waals surface area contributed by atoms with Gasteiger partial charge in [0, 0.05) is 0 Å². The number of hydrogen-bond donors (Lipinski definition) is 1. The van der Waals surface area contributed by atoms with Crippen LogP contribution in [-0.4, -0.2) is 23.2 Å². The molecule has 0 saturated carbocycles. The third-order valence-electron chi connectivity index (χ3n) is 3.33. The van der Waals surface area contributed by atoms with E-state index in [-0.39, 0.29) is 18.0 Å². The number of halogens is 1. The molecular weight excluding hydrogens is 313 g/mol. The van der Waals surface area contributed by atoms with E-state index in [4.69, 9.17) is 9.26 Å². The van der Waals surface area contributed by atoms with Crippen LogP contribution in [0.25, 0.3) is 11.4 Å². The van der Waals surface area contributed by atoms with Crippen molar-refractivity contribution in [1.82, 2.24) is 15.5 Å². The largest absolute Gasteiger partial charge is 0.496 e. The van der Waals surface area contributed by atoms with Crippen molar-refractivity contribution in [3.8, 4) is 17.1 Å². The number of benzene rings is 2. The van der Waals surface area contributed by atoms with Gasteiger partial charge in [0.25, 0.3) is 5.91 Å². The minimum atomic E-state index is -0.588. The minimum Gasteiger partial charge on any atom is -0.496 e. The molecule has 0 aliphatic heterocycles. The molecule has 24 heavy (non-hydrogen) atoms. The molecule has 6 nitrogen and oxygen atoms in total. The quantitative estimate of drug-likeness (QED) is 0.780. The zero-order chi connectivity index (χ0) is 16.9. The van der Waals surface area contributed by atoms with Gasteiger partial charge in [-0.2, -0.15) is 4.98 Å². The molecule has 0 fully saturated rings. The SMILES string of the molecule is COc1ccccc1-c1noc(CNC(=O)c2ccccc2F)n1. The summed E-state index contributed by atoms with van der Waals surface area (Å²) in [4.78, 5) is 16.2. The maximum atomic E-state index is 13.5. The van der Waals surface area contributed by atoms with Gasteiger partial charge in [0.15, 0.2) is 0 Å². The van der Waals surface area contributed by atoms with Gasteiger partial charge in [0.05, 0.1) is 24.8 Å². The van der Waals surface area contributed by atoms with Crippen LogP contribution < -0.4 is 10.1 Å². The highest BCUT2D eigenvalue weighted by atomic mass is 19.1. The average Bonchev–Trinajstić information content (AvgIpc) is 3.09. The molecule has 7 heteroatoms. The lowest BCUT2D eigenvalue weighted by Gasteiger charge is -2.03. The number of carbonyl (C=O) groups excluding carboxylic acids is 1. The molecule has 3 rings (SSSR count). The van der Waals surface area contributed by atoms with E-state index < -0.39 is 11.7 Å². The van der Waals surface area contributed by atoms with Crippen LogP contribution in [0.4, 0.5) is 4.39 Å². The number of amides is 1. The number of methoxy groups -OCH3 is 1. The van der Waals surface area contributed by atoms with E-state index in [1.54, 1.807) is 25.3 Å². The van der Waals surface area contributed by atoms with Gasteiger partial charge in [-0.15, -0.1) is 0 Å². The maximum absolute atomic E-state index is 13.5. The second-order valence-electron chi connectivity index (χ2n) is 4.87. The van der Waals surface area contributed by atoms with Crippen molar-refractivity contribution < 1.29 is 18.4 Å². The summed E-state index contributed by atoms with van der Waals surface area (Å²) in [6, 6.07) is 13.0. The van der Waals surface area contributed by atoms with Crippen molar-refractivity contribution in [2.24, 2.45) is 0 Å². The van der Waals surface area contributed by atoms with Crippen molar-refractivity contribution in [2.45, 2.75) is 6.54 Å². The molecule has 2 aromatic carbocycles. The molecule has 0 aliphatic carbocycles. The van der Waals surface area contributed by atoms with Crippen molar-refractivity contribution in [3.63, 3.8) is 0 Å². The van der Waals surface area contributed by atoms with Crippen LogP contribution in [0, 0.1) is 5.82 Å². The first-order valence-corrected chi connectivity index (χ1v) is 7.17. The van der Waals surface area contributed by atoms with E-state index in [9.17, 15) is 9.18 Å². The lowest BCUT2D eigenvalue weighted by Crippen LogP contribution is -2.23. The van der Waals surface area contributed by atoms with Crippen molar-refractivity contribution in [3.05, 3.63) is 65.8 Å². The number of para-hydroxylation sites is 1. The third kappa shape index (κ3) is 3.24. The Morgan fingerprint density at radius 1 is 1.21 bits per heavy atom. The fraction of sp³-hybridized carbons (Fsp3) is 0.118. The second-order valence-corrected chi connectivity index (χ2v) is 4.87. The van der Waals surface area contributed by atoms with E-state index in [0.717, 1.165) is 0 Å². The number of nitrogens with one attached hydrogen (secondary N) is 1. The lowest BCUT2D eigenvalue weighted by atomic mass is 10.2. The Kier molecular flexibility index (Phi) is 4.51. The standard InChI is InChI=1S/C17H14FN3O3/c1-23-14-9-5-3-7-12(14)16-20-15(24-21-16)10-19-17(22)11-6-2-4-8-13(11)18/h2-9H,10H2,1H3,(H,19,22). The summed E-state index contributed by atoms with van der Waals surface area (Å²) in [6.45, 7) is -0.00465. The second kappa shape index (κ2) is 6.91. The highest BCUT2D eigenvalue weighted by molar-refractivity contribution is 5.94. The lowest BCUT2D eigenvalue weighted by molar-refractivity contribution is 0.0942. The van der Waals surface area contributed by atoms with Gasteiger partial charge in [-0.1, -0.05) is 29.4 Å². The van der Waals surface area contributed by atoms with Crippen molar-refractivity contribution in [2.75, 3.05) is 7.11 Å². The van der Waals surface area contributed by atoms with Crippen molar-refractivity contribution in [1.29, 1.82) is 0 Å². The first-order valence-electron chi connectivity index (χ1n) is 7.17. The van der Waals surface area contributed by atoms with Crippen LogP contribution in [0.5, 0.6) is 5.75 Å². The van der Waals surface area contributed by atoms with Gasteiger partial charge >= 0.3 is 0 Å². The van der Waals surface area contributed by atoms with E-state index >= 15 is 0 Å². The number of hydrogen-bond acceptors (Lipinski definition) is 5. The molecule has 0 radical (unpaired) electrons. The number of carbonyl (C=O) groups is 1. The molecule has 0 unspecified atom stereocenters. The Labute approximate surface area is 137 Å². The van der Waals surface area contributed by atoms with E-state index in [0.29, 0.717) is 17.1 Å². The Bertz CT molecular complexity index is 864. The van der Waals surface area contributed by atoms with Crippen LogP contribution in [0.2, 0.25) is 0 Å². The average molecular weight is 327 g/mol. The predicted octanol–water partition coefficient (Wildman–Crippen LogP) is 2.81. The molecule has 1 N–H and O–H groups in total. The summed E-state index contributed by atoms with van der Waals surface area (Å²) < 4.78 is 23.9. The molecule has 1 heterocycles. The summed E-state index contributed by atoms with van der Waals surface area (Å²) in [5.41, 5.74) is 0.636. The maximum Gasteiger partial charge on any atom is 0.254 e. The molecule has 0 aliphatic rings. The monoisotopic (exact) mass is 327 g/mol. The molecule has 0 bridgehead atoms. The first kappa shape index (κ1) is 15.7. The molecule has 1 amide bonds. The van der Waals surface area contributed by atoms with E-state index in [1.165, 1.54) is 18.2 Å². The Balaban J connectivity index is 1.71. The number of ether oxygens (including phenoxy) is 1. The zero-order valence-electron chi connectivity index (χ0n) is 12.8. The third-order valence-corrected chi connectivity index (χ3v) is 3.33. The first-order chi connectivity index (χ1) is 11.7. The van der Waals surface area contributed by atoms with Crippen LogP contribution in [-0.2, 0) is 6.54 Å². The van der Waals surface area contributed by atoms with Crippen LogP contribution in [0.15, 0.2) is 53.1 Å². The molecular formula is C17H14FN3O3. The molecule has 0 spiro atoms. The summed E-state index contributed by atoms with van der Waals surface area (Å²) >= 11 is 0. The van der Waals surface area contributed by atoms with Gasteiger partial charge in [-0.05, 0) is 24.3 Å². The van der Waals surface area contributed by atoms with Crippen LogP contribution in [0.1, 0.15) is 16.2 Å². The van der Waals surface area contributed by atoms with Gasteiger partial charge in [0.2, 0.25) is 11.7 Å². The Hall–Kier alpha value is -3.22. The zero-order valence-corrected chi connectivity index (χ0v) is 12.8. The number of rotatable bonds is 5. The summed E-state index contributed by atoms with van der Waals surface area (Å²) in [5.74, 6) is 0.0313. The topological polar surface area (TPSA) is 77.3 Å². The summed E-state index contributed by atoms with van der Waals surface area (Å²) in [6.07, 6.45) is 0. The highest BCUT2D eigenvalue weighted by Crippen LogP contribution is 2.26. The van der Waals surface area contributed by atoms with Crippen LogP contribution >= 0.6 is 0 Å².